The third kappa shape index (κ3) is 1.47. The Morgan fingerprint density at radius 2 is 1.79 bits per heavy atom. The lowest BCUT2D eigenvalue weighted by Gasteiger charge is -2.01. The molecule has 1 rings (SSSR count). The quantitative estimate of drug-likeness (QED) is 0.629. The summed E-state index contributed by atoms with van der Waals surface area (Å²) < 4.78 is 0. The van der Waals surface area contributed by atoms with Crippen LogP contribution in [0.3, 0.4) is 0 Å². The number of rotatable bonds is 1. The van der Waals surface area contributed by atoms with Gasteiger partial charge in [0.2, 0.25) is 0 Å². The number of carboxylic acids is 1. The van der Waals surface area contributed by atoms with Crippen LogP contribution in [0, 0.1) is 22.7 Å². The molecular formula is C9H5N3O2. The average molecular weight is 187 g/mol. The summed E-state index contributed by atoms with van der Waals surface area (Å²) >= 11 is 0. The smallest absolute Gasteiger partial charge is 0.337 e. The first-order valence-electron chi connectivity index (χ1n) is 3.57. The molecule has 0 saturated heterocycles. The van der Waals surface area contributed by atoms with E-state index in [9.17, 15) is 4.79 Å². The molecule has 0 saturated carbocycles. The highest BCUT2D eigenvalue weighted by Gasteiger charge is 2.12. The molecule has 1 aromatic carbocycles. The average Bonchev–Trinajstić information content (AvgIpc) is 2.16. The summed E-state index contributed by atoms with van der Waals surface area (Å²) in [6, 6.07) is 5.76. The van der Waals surface area contributed by atoms with E-state index < -0.39 is 5.97 Å². The van der Waals surface area contributed by atoms with Crippen LogP contribution >= 0.6 is 0 Å². The van der Waals surface area contributed by atoms with Crippen molar-refractivity contribution in [2.75, 3.05) is 5.73 Å². The Labute approximate surface area is 79.6 Å². The normalized spacial score (nSPS) is 8.71. The number of nitriles is 2. The van der Waals surface area contributed by atoms with Crippen LogP contribution < -0.4 is 5.73 Å². The number of nitrogen functional groups attached to an aromatic ring is 1. The Hall–Kier alpha value is -2.53. The first kappa shape index (κ1) is 9.56. The molecule has 0 aliphatic carbocycles. The molecule has 0 aliphatic rings. The Morgan fingerprint density at radius 1 is 1.29 bits per heavy atom. The van der Waals surface area contributed by atoms with E-state index in [0.29, 0.717) is 0 Å². The second-order valence-electron chi connectivity index (χ2n) is 2.51. The molecule has 0 spiro atoms. The summed E-state index contributed by atoms with van der Waals surface area (Å²) in [4.78, 5) is 10.6. The molecule has 0 heterocycles. The van der Waals surface area contributed by atoms with Gasteiger partial charge >= 0.3 is 5.97 Å². The Bertz CT molecular complexity index is 480. The predicted molar refractivity (Wildman–Crippen MR) is 47.2 cm³/mol. The zero-order valence-electron chi connectivity index (χ0n) is 6.98. The van der Waals surface area contributed by atoms with Gasteiger partial charge in [0.05, 0.1) is 16.7 Å². The molecule has 0 aromatic heterocycles. The fraction of sp³-hybridized carbons (Fsp3) is 0. The van der Waals surface area contributed by atoms with Gasteiger partial charge in [0.1, 0.15) is 12.1 Å². The van der Waals surface area contributed by atoms with E-state index in [-0.39, 0.29) is 22.4 Å². The standard InChI is InChI=1S/C9H5N3O2/c10-3-5-1-7(9(13)14)8(12)2-6(5)4-11/h1-2H,12H2,(H,13,14). The second-order valence-corrected chi connectivity index (χ2v) is 2.51. The summed E-state index contributed by atoms with van der Waals surface area (Å²) in [5, 5.41) is 25.9. The molecule has 5 heteroatoms. The highest BCUT2D eigenvalue weighted by molar-refractivity contribution is 5.94. The van der Waals surface area contributed by atoms with E-state index in [1.165, 1.54) is 6.07 Å². The zero-order valence-corrected chi connectivity index (χ0v) is 6.98. The number of nitrogens with zero attached hydrogens (tertiary/aromatic N) is 2. The highest BCUT2D eigenvalue weighted by Crippen LogP contribution is 2.17. The van der Waals surface area contributed by atoms with E-state index in [1.807, 2.05) is 0 Å². The number of anilines is 1. The largest absolute Gasteiger partial charge is 0.478 e. The van der Waals surface area contributed by atoms with E-state index in [0.717, 1.165) is 6.07 Å². The molecule has 68 valence electrons. The molecule has 0 radical (unpaired) electrons. The van der Waals surface area contributed by atoms with Crippen molar-refractivity contribution < 1.29 is 9.90 Å². The Kier molecular flexibility index (Phi) is 2.36. The van der Waals surface area contributed by atoms with Crippen molar-refractivity contribution >= 4 is 11.7 Å². The van der Waals surface area contributed by atoms with Crippen molar-refractivity contribution in [2.45, 2.75) is 0 Å². The van der Waals surface area contributed by atoms with Crippen LogP contribution in [0.1, 0.15) is 21.5 Å². The van der Waals surface area contributed by atoms with Crippen molar-refractivity contribution in [3.05, 3.63) is 28.8 Å². The van der Waals surface area contributed by atoms with E-state index in [4.69, 9.17) is 21.4 Å². The van der Waals surface area contributed by atoms with Crippen molar-refractivity contribution in [1.82, 2.24) is 0 Å². The van der Waals surface area contributed by atoms with Gasteiger partial charge in [-0.15, -0.1) is 0 Å². The molecule has 0 aliphatic heterocycles. The van der Waals surface area contributed by atoms with Gasteiger partial charge in [-0.25, -0.2) is 4.79 Å². The minimum atomic E-state index is -1.22. The van der Waals surface area contributed by atoms with E-state index >= 15 is 0 Å². The van der Waals surface area contributed by atoms with Gasteiger partial charge < -0.3 is 10.8 Å². The van der Waals surface area contributed by atoms with Gasteiger partial charge in [0.15, 0.2) is 0 Å². The van der Waals surface area contributed by atoms with Crippen LogP contribution in [0.4, 0.5) is 5.69 Å². The van der Waals surface area contributed by atoms with Crippen LogP contribution in [0.15, 0.2) is 12.1 Å². The van der Waals surface area contributed by atoms with Crippen molar-refractivity contribution in [3.8, 4) is 12.1 Å². The summed E-state index contributed by atoms with van der Waals surface area (Å²) in [7, 11) is 0. The molecule has 0 fully saturated rings. The van der Waals surface area contributed by atoms with Gasteiger partial charge in [0, 0.05) is 5.69 Å². The summed E-state index contributed by atoms with van der Waals surface area (Å²) in [6.45, 7) is 0. The fourth-order valence-electron chi connectivity index (χ4n) is 0.987. The summed E-state index contributed by atoms with van der Waals surface area (Å²) in [5.41, 5.74) is 5.29. The molecule has 5 nitrogen and oxygen atoms in total. The van der Waals surface area contributed by atoms with Gasteiger partial charge in [-0.2, -0.15) is 10.5 Å². The number of carbonyl (C=O) groups is 1. The molecule has 0 atom stereocenters. The van der Waals surface area contributed by atoms with Gasteiger partial charge in [-0.3, -0.25) is 0 Å². The van der Waals surface area contributed by atoms with Crippen molar-refractivity contribution in [1.29, 1.82) is 10.5 Å². The molecule has 0 bridgehead atoms. The van der Waals surface area contributed by atoms with Crippen LogP contribution in [0.25, 0.3) is 0 Å². The van der Waals surface area contributed by atoms with E-state index in [1.54, 1.807) is 12.1 Å². The number of carboxylic acid groups (broad SMARTS) is 1. The van der Waals surface area contributed by atoms with Crippen LogP contribution in [-0.2, 0) is 0 Å². The van der Waals surface area contributed by atoms with Crippen LogP contribution in [0.5, 0.6) is 0 Å². The zero-order chi connectivity index (χ0) is 10.7. The van der Waals surface area contributed by atoms with Gasteiger partial charge in [-0.05, 0) is 12.1 Å². The lowest BCUT2D eigenvalue weighted by molar-refractivity contribution is 0.0698. The van der Waals surface area contributed by atoms with Gasteiger partial charge in [0.25, 0.3) is 0 Å². The SMILES string of the molecule is N#Cc1cc(N)c(C(=O)O)cc1C#N. The van der Waals surface area contributed by atoms with Crippen LogP contribution in [0.2, 0.25) is 0 Å². The second kappa shape index (κ2) is 3.46. The molecular weight excluding hydrogens is 182 g/mol. The number of benzene rings is 1. The highest BCUT2D eigenvalue weighted by atomic mass is 16.4. The molecule has 0 unspecified atom stereocenters. The lowest BCUT2D eigenvalue weighted by atomic mass is 10.0. The van der Waals surface area contributed by atoms with Crippen molar-refractivity contribution in [2.24, 2.45) is 0 Å². The maximum atomic E-state index is 10.6. The predicted octanol–water partition coefficient (Wildman–Crippen LogP) is 0.710. The monoisotopic (exact) mass is 187 g/mol. The third-order valence-electron chi connectivity index (χ3n) is 1.66. The number of hydrogen-bond donors (Lipinski definition) is 2. The number of aromatic carboxylic acids is 1. The minimum Gasteiger partial charge on any atom is -0.478 e. The topological polar surface area (TPSA) is 111 Å². The molecule has 0 amide bonds. The molecule has 3 N–H and O–H groups in total. The number of hydrogen-bond acceptors (Lipinski definition) is 4. The maximum absolute atomic E-state index is 10.6. The minimum absolute atomic E-state index is 0.0131. The lowest BCUT2D eigenvalue weighted by Crippen LogP contribution is -2.04. The summed E-state index contributed by atoms with van der Waals surface area (Å²) in [5.74, 6) is -1.22. The number of nitrogens with two attached hydrogens (primary N) is 1. The Morgan fingerprint density at radius 3 is 2.21 bits per heavy atom. The maximum Gasteiger partial charge on any atom is 0.337 e. The molecule has 14 heavy (non-hydrogen) atoms. The van der Waals surface area contributed by atoms with Gasteiger partial charge in [-0.1, -0.05) is 0 Å². The third-order valence-corrected chi connectivity index (χ3v) is 1.66. The summed E-state index contributed by atoms with van der Waals surface area (Å²) in [6.07, 6.45) is 0. The van der Waals surface area contributed by atoms with Crippen molar-refractivity contribution in [3.63, 3.8) is 0 Å². The first-order valence-corrected chi connectivity index (χ1v) is 3.57. The van der Waals surface area contributed by atoms with E-state index in [2.05, 4.69) is 0 Å². The first-order chi connectivity index (χ1) is 6.60. The Balaban J connectivity index is 3.50. The molecule has 1 aromatic rings. The van der Waals surface area contributed by atoms with Crippen LogP contribution in [-0.4, -0.2) is 11.1 Å². The fourth-order valence-corrected chi connectivity index (χ4v) is 0.987.